The number of benzene rings is 2. The zero-order valence-corrected chi connectivity index (χ0v) is 13.2. The van der Waals surface area contributed by atoms with Crippen LogP contribution in [0.25, 0.3) is 0 Å². The minimum atomic E-state index is -1.09. The van der Waals surface area contributed by atoms with Crippen LogP contribution in [0.15, 0.2) is 46.9 Å². The fraction of sp³-hybridized carbons (Fsp3) is 0.250. The van der Waals surface area contributed by atoms with E-state index in [1.165, 1.54) is 13.2 Å². The molecule has 0 saturated carbocycles. The van der Waals surface area contributed by atoms with Gasteiger partial charge in [-0.3, -0.25) is 0 Å². The van der Waals surface area contributed by atoms with Crippen molar-refractivity contribution >= 4 is 15.9 Å². The fourth-order valence-electron chi connectivity index (χ4n) is 2.39. The Hall–Kier alpha value is -1.43. The highest BCUT2D eigenvalue weighted by Crippen LogP contribution is 2.38. The number of hydrogen-bond donors (Lipinski definition) is 2. The first-order chi connectivity index (χ1) is 10.1. The Morgan fingerprint density at radius 2 is 1.95 bits per heavy atom. The standard InChI is InChI=1S/C16H17BrFNO2/c1-21-14-8-4-7-13(18)15(14)16(20)11(9-19)10-5-2-3-6-12(10)17/h2-8,11,16,20H,9,19H2,1H3. The fourth-order valence-corrected chi connectivity index (χ4v) is 2.96. The summed E-state index contributed by atoms with van der Waals surface area (Å²) in [6.07, 6.45) is -1.09. The van der Waals surface area contributed by atoms with Gasteiger partial charge in [-0.25, -0.2) is 4.39 Å². The van der Waals surface area contributed by atoms with Crippen molar-refractivity contribution in [1.82, 2.24) is 0 Å². The summed E-state index contributed by atoms with van der Waals surface area (Å²) in [5, 5.41) is 10.6. The third kappa shape index (κ3) is 3.26. The summed E-state index contributed by atoms with van der Waals surface area (Å²) in [6, 6.07) is 11.9. The Bertz CT molecular complexity index is 621. The second-order valence-corrected chi connectivity index (χ2v) is 5.52. The molecule has 0 spiro atoms. The molecule has 2 atom stereocenters. The van der Waals surface area contributed by atoms with Gasteiger partial charge in [-0.15, -0.1) is 0 Å². The van der Waals surface area contributed by atoms with Gasteiger partial charge in [-0.2, -0.15) is 0 Å². The Labute approximate surface area is 131 Å². The molecule has 0 amide bonds. The molecule has 0 aliphatic rings. The highest BCUT2D eigenvalue weighted by molar-refractivity contribution is 9.10. The number of aliphatic hydroxyl groups is 1. The average Bonchev–Trinajstić information content (AvgIpc) is 2.49. The van der Waals surface area contributed by atoms with E-state index < -0.39 is 17.8 Å². The number of halogens is 2. The maximum absolute atomic E-state index is 14.1. The molecular weight excluding hydrogens is 337 g/mol. The summed E-state index contributed by atoms with van der Waals surface area (Å²) in [5.74, 6) is -0.633. The number of hydrogen-bond acceptors (Lipinski definition) is 3. The average molecular weight is 354 g/mol. The number of rotatable bonds is 5. The molecular formula is C16H17BrFNO2. The summed E-state index contributed by atoms with van der Waals surface area (Å²) in [5.41, 5.74) is 6.77. The summed E-state index contributed by atoms with van der Waals surface area (Å²) in [4.78, 5) is 0. The van der Waals surface area contributed by atoms with E-state index in [1.807, 2.05) is 24.3 Å². The summed E-state index contributed by atoms with van der Waals surface area (Å²) < 4.78 is 20.1. The Balaban J connectivity index is 2.47. The zero-order valence-electron chi connectivity index (χ0n) is 11.6. The number of ether oxygens (including phenoxy) is 1. The van der Waals surface area contributed by atoms with Gasteiger partial charge in [0.05, 0.1) is 18.8 Å². The first-order valence-corrected chi connectivity index (χ1v) is 7.34. The molecule has 0 aliphatic carbocycles. The molecule has 5 heteroatoms. The van der Waals surface area contributed by atoms with Crippen LogP contribution in [0, 0.1) is 5.82 Å². The maximum Gasteiger partial charge on any atom is 0.132 e. The van der Waals surface area contributed by atoms with Crippen molar-refractivity contribution in [2.75, 3.05) is 13.7 Å². The van der Waals surface area contributed by atoms with Gasteiger partial charge in [0.25, 0.3) is 0 Å². The number of nitrogens with two attached hydrogens (primary N) is 1. The highest BCUT2D eigenvalue weighted by Gasteiger charge is 2.28. The largest absolute Gasteiger partial charge is 0.496 e. The SMILES string of the molecule is COc1cccc(F)c1C(O)C(CN)c1ccccc1Br. The quantitative estimate of drug-likeness (QED) is 0.866. The van der Waals surface area contributed by atoms with E-state index in [9.17, 15) is 9.50 Å². The van der Waals surface area contributed by atoms with Crippen LogP contribution in [0.5, 0.6) is 5.75 Å². The van der Waals surface area contributed by atoms with Crippen molar-refractivity contribution in [1.29, 1.82) is 0 Å². The van der Waals surface area contributed by atoms with Crippen molar-refractivity contribution in [3.05, 3.63) is 63.9 Å². The molecule has 0 radical (unpaired) electrons. The highest BCUT2D eigenvalue weighted by atomic mass is 79.9. The molecule has 0 heterocycles. The van der Waals surface area contributed by atoms with Gasteiger partial charge in [0.1, 0.15) is 11.6 Å². The summed E-state index contributed by atoms with van der Waals surface area (Å²) in [6.45, 7) is 0.182. The van der Waals surface area contributed by atoms with Gasteiger partial charge < -0.3 is 15.6 Å². The molecule has 0 aliphatic heterocycles. The number of aliphatic hydroxyl groups excluding tert-OH is 1. The predicted molar refractivity (Wildman–Crippen MR) is 83.8 cm³/mol. The zero-order chi connectivity index (χ0) is 15.4. The second-order valence-electron chi connectivity index (χ2n) is 4.66. The molecule has 2 unspecified atom stereocenters. The minimum absolute atomic E-state index is 0.131. The van der Waals surface area contributed by atoms with E-state index in [-0.39, 0.29) is 12.1 Å². The van der Waals surface area contributed by atoms with E-state index in [0.29, 0.717) is 5.75 Å². The van der Waals surface area contributed by atoms with Crippen LogP contribution in [-0.4, -0.2) is 18.8 Å². The first kappa shape index (κ1) is 15.9. The first-order valence-electron chi connectivity index (χ1n) is 6.55. The van der Waals surface area contributed by atoms with Gasteiger partial charge >= 0.3 is 0 Å². The van der Waals surface area contributed by atoms with Crippen LogP contribution in [0.2, 0.25) is 0 Å². The van der Waals surface area contributed by atoms with Crippen molar-refractivity contribution in [2.45, 2.75) is 12.0 Å². The summed E-state index contributed by atoms with van der Waals surface area (Å²) >= 11 is 3.44. The Kier molecular flexibility index (Phi) is 5.33. The molecule has 0 fully saturated rings. The van der Waals surface area contributed by atoms with Gasteiger partial charge in [-0.05, 0) is 23.8 Å². The molecule has 2 aromatic rings. The van der Waals surface area contributed by atoms with E-state index in [1.54, 1.807) is 12.1 Å². The monoisotopic (exact) mass is 353 g/mol. The molecule has 0 bridgehead atoms. The lowest BCUT2D eigenvalue weighted by Crippen LogP contribution is -2.21. The summed E-state index contributed by atoms with van der Waals surface area (Å²) in [7, 11) is 1.45. The van der Waals surface area contributed by atoms with E-state index in [4.69, 9.17) is 10.5 Å². The molecule has 21 heavy (non-hydrogen) atoms. The van der Waals surface area contributed by atoms with Crippen LogP contribution in [0.4, 0.5) is 4.39 Å². The Morgan fingerprint density at radius 1 is 1.24 bits per heavy atom. The van der Waals surface area contributed by atoms with Crippen LogP contribution in [0.1, 0.15) is 23.1 Å². The molecule has 0 saturated heterocycles. The van der Waals surface area contributed by atoms with Crippen molar-refractivity contribution < 1.29 is 14.2 Å². The van der Waals surface area contributed by atoms with Gasteiger partial charge in [0.15, 0.2) is 0 Å². The molecule has 112 valence electrons. The van der Waals surface area contributed by atoms with Crippen molar-refractivity contribution in [3.63, 3.8) is 0 Å². The molecule has 3 nitrogen and oxygen atoms in total. The minimum Gasteiger partial charge on any atom is -0.496 e. The topological polar surface area (TPSA) is 55.5 Å². The second kappa shape index (κ2) is 7.02. The van der Waals surface area contributed by atoms with Crippen LogP contribution < -0.4 is 10.5 Å². The van der Waals surface area contributed by atoms with Gasteiger partial charge in [0, 0.05) is 16.9 Å². The lowest BCUT2D eigenvalue weighted by atomic mass is 9.88. The smallest absolute Gasteiger partial charge is 0.132 e. The maximum atomic E-state index is 14.1. The van der Waals surface area contributed by atoms with Crippen LogP contribution in [0.3, 0.4) is 0 Å². The van der Waals surface area contributed by atoms with Gasteiger partial charge in [-0.1, -0.05) is 40.2 Å². The van der Waals surface area contributed by atoms with Crippen molar-refractivity contribution in [2.24, 2.45) is 5.73 Å². The van der Waals surface area contributed by atoms with E-state index >= 15 is 0 Å². The predicted octanol–water partition coefficient (Wildman–Crippen LogP) is 3.37. The third-order valence-corrected chi connectivity index (χ3v) is 4.19. The lowest BCUT2D eigenvalue weighted by molar-refractivity contribution is 0.139. The van der Waals surface area contributed by atoms with Crippen LogP contribution in [-0.2, 0) is 0 Å². The Morgan fingerprint density at radius 3 is 2.57 bits per heavy atom. The molecule has 2 rings (SSSR count). The van der Waals surface area contributed by atoms with E-state index in [2.05, 4.69) is 15.9 Å². The number of methoxy groups -OCH3 is 1. The molecule has 2 aromatic carbocycles. The van der Waals surface area contributed by atoms with Crippen molar-refractivity contribution in [3.8, 4) is 5.75 Å². The van der Waals surface area contributed by atoms with Gasteiger partial charge in [0.2, 0.25) is 0 Å². The van der Waals surface area contributed by atoms with Crippen LogP contribution >= 0.6 is 15.9 Å². The lowest BCUT2D eigenvalue weighted by Gasteiger charge is -2.25. The molecule has 0 aromatic heterocycles. The molecule has 3 N–H and O–H groups in total. The third-order valence-electron chi connectivity index (χ3n) is 3.47. The normalized spacial score (nSPS) is 13.8. The van der Waals surface area contributed by atoms with E-state index in [0.717, 1.165) is 10.0 Å².